The fourth-order valence-corrected chi connectivity index (χ4v) is 2.53. The quantitative estimate of drug-likeness (QED) is 0.567. The van der Waals surface area contributed by atoms with Gasteiger partial charge in [-0.25, -0.2) is 9.24 Å². The summed E-state index contributed by atoms with van der Waals surface area (Å²) in [5.74, 6) is -0.761. The molecule has 0 spiro atoms. The predicted molar refractivity (Wildman–Crippen MR) is 88.2 cm³/mol. The summed E-state index contributed by atoms with van der Waals surface area (Å²) < 4.78 is 14.0. The van der Waals surface area contributed by atoms with Crippen LogP contribution in [0.2, 0.25) is 0 Å². The second kappa shape index (κ2) is 6.13. The van der Waals surface area contributed by atoms with Crippen LogP contribution in [0.5, 0.6) is 0 Å². The van der Waals surface area contributed by atoms with E-state index in [2.05, 4.69) is 4.85 Å². The second-order valence-corrected chi connectivity index (χ2v) is 4.99. The van der Waals surface area contributed by atoms with Crippen molar-refractivity contribution >= 4 is 5.69 Å². The van der Waals surface area contributed by atoms with Crippen LogP contribution in [0, 0.1) is 23.7 Å². The molecule has 23 heavy (non-hydrogen) atoms. The number of hydrogen-bond acceptors (Lipinski definition) is 1. The van der Waals surface area contributed by atoms with Gasteiger partial charge in [-0.2, -0.15) is 5.26 Å². The lowest BCUT2D eigenvalue weighted by atomic mass is 9.93. The van der Waals surface area contributed by atoms with Gasteiger partial charge in [-0.05, 0) is 34.4 Å². The zero-order valence-electron chi connectivity index (χ0n) is 12.1. The van der Waals surface area contributed by atoms with Gasteiger partial charge in [0.1, 0.15) is 11.9 Å². The number of nitriles is 1. The Kier molecular flexibility index (Phi) is 3.87. The first-order chi connectivity index (χ1) is 11.2. The molecule has 0 atom stereocenters. The molecule has 108 valence electrons. The molecule has 0 amide bonds. The number of benzene rings is 3. The summed E-state index contributed by atoms with van der Waals surface area (Å²) >= 11 is 0. The van der Waals surface area contributed by atoms with Gasteiger partial charge in [0.05, 0.1) is 12.1 Å². The van der Waals surface area contributed by atoms with Gasteiger partial charge in [-0.3, -0.25) is 0 Å². The van der Waals surface area contributed by atoms with Gasteiger partial charge in [0.2, 0.25) is 5.69 Å². The van der Waals surface area contributed by atoms with Crippen molar-refractivity contribution in [2.75, 3.05) is 0 Å². The van der Waals surface area contributed by atoms with E-state index in [4.69, 9.17) is 11.8 Å². The fourth-order valence-electron chi connectivity index (χ4n) is 2.53. The molecule has 0 N–H and O–H groups in total. The third-order valence-electron chi connectivity index (χ3n) is 3.62. The van der Waals surface area contributed by atoms with E-state index >= 15 is 0 Å². The molecule has 0 aromatic heterocycles. The first-order valence-corrected chi connectivity index (χ1v) is 7.00. The van der Waals surface area contributed by atoms with Crippen LogP contribution in [0.1, 0.15) is 5.56 Å². The van der Waals surface area contributed by atoms with Crippen LogP contribution >= 0.6 is 0 Å². The van der Waals surface area contributed by atoms with E-state index in [0.717, 1.165) is 16.7 Å². The van der Waals surface area contributed by atoms with E-state index in [0.29, 0.717) is 5.56 Å². The van der Waals surface area contributed by atoms with Gasteiger partial charge in [-0.1, -0.05) is 54.6 Å². The lowest BCUT2D eigenvalue weighted by Gasteiger charge is -2.11. The van der Waals surface area contributed by atoms with E-state index in [1.807, 2.05) is 60.7 Å². The highest BCUT2D eigenvalue weighted by atomic mass is 19.1. The molecule has 0 heterocycles. The van der Waals surface area contributed by atoms with Gasteiger partial charge in [0.15, 0.2) is 0 Å². The zero-order chi connectivity index (χ0) is 16.2. The average molecular weight is 298 g/mol. The molecule has 3 rings (SSSR count). The van der Waals surface area contributed by atoms with Gasteiger partial charge in [-0.15, -0.1) is 0 Å². The van der Waals surface area contributed by atoms with Crippen LogP contribution in [0.4, 0.5) is 10.1 Å². The maximum atomic E-state index is 14.0. The second-order valence-electron chi connectivity index (χ2n) is 4.99. The van der Waals surface area contributed by atoms with E-state index in [1.54, 1.807) is 0 Å². The van der Waals surface area contributed by atoms with Crippen LogP contribution in [0.25, 0.3) is 27.1 Å². The van der Waals surface area contributed by atoms with E-state index in [1.165, 1.54) is 12.1 Å². The summed E-state index contributed by atoms with van der Waals surface area (Å²) in [4.78, 5) is 3.19. The van der Waals surface area contributed by atoms with E-state index in [9.17, 15) is 4.39 Å². The van der Waals surface area contributed by atoms with Crippen molar-refractivity contribution in [3.63, 3.8) is 0 Å². The summed E-state index contributed by atoms with van der Waals surface area (Å²) in [7, 11) is 0. The molecular weight excluding hydrogens is 287 g/mol. The molecule has 0 radical (unpaired) electrons. The topological polar surface area (TPSA) is 28.1 Å². The number of nitrogens with zero attached hydrogens (tertiary/aromatic N) is 2. The van der Waals surface area contributed by atoms with Crippen LogP contribution in [-0.4, -0.2) is 0 Å². The highest BCUT2D eigenvalue weighted by Gasteiger charge is 2.14. The van der Waals surface area contributed by atoms with Gasteiger partial charge < -0.3 is 0 Å². The third kappa shape index (κ3) is 2.69. The van der Waals surface area contributed by atoms with Crippen molar-refractivity contribution in [3.8, 4) is 28.3 Å². The highest BCUT2D eigenvalue weighted by Crippen LogP contribution is 2.35. The average Bonchev–Trinajstić information content (AvgIpc) is 2.62. The largest absolute Gasteiger partial charge is 0.235 e. The molecule has 3 aromatic carbocycles. The molecule has 0 aliphatic rings. The minimum Gasteiger partial charge on any atom is -0.235 e. The Morgan fingerprint density at radius 3 is 2.09 bits per heavy atom. The summed E-state index contributed by atoms with van der Waals surface area (Å²) in [6.07, 6.45) is 0. The minimum atomic E-state index is -0.761. The van der Waals surface area contributed by atoms with Crippen LogP contribution in [0.3, 0.4) is 0 Å². The Morgan fingerprint density at radius 1 is 0.870 bits per heavy atom. The number of rotatable bonds is 2. The van der Waals surface area contributed by atoms with Crippen molar-refractivity contribution in [2.24, 2.45) is 0 Å². The van der Waals surface area contributed by atoms with Crippen molar-refractivity contribution in [1.29, 1.82) is 5.26 Å². The monoisotopic (exact) mass is 298 g/mol. The Morgan fingerprint density at radius 2 is 1.48 bits per heavy atom. The summed E-state index contributed by atoms with van der Waals surface area (Å²) in [5.41, 5.74) is 3.27. The van der Waals surface area contributed by atoms with Crippen LogP contribution < -0.4 is 0 Å². The Balaban J connectivity index is 2.26. The molecule has 3 aromatic rings. The van der Waals surface area contributed by atoms with Gasteiger partial charge in [0.25, 0.3) is 0 Å². The molecular formula is C20H11FN2. The standard InChI is InChI=1S/C20H11FN2/c1-23-19-12-15(11-16(13-22)20(19)21)18-10-6-5-9-17(18)14-7-3-2-4-8-14/h2-12H. The lowest BCUT2D eigenvalue weighted by Crippen LogP contribution is -1.89. The smallest absolute Gasteiger partial charge is 0.224 e. The molecule has 0 bridgehead atoms. The SMILES string of the molecule is [C-]#[N+]c1cc(-c2ccccc2-c2ccccc2)cc(C#N)c1F. The molecule has 3 heteroatoms. The molecule has 0 saturated carbocycles. The van der Waals surface area contributed by atoms with Crippen molar-refractivity contribution < 1.29 is 4.39 Å². The zero-order valence-corrected chi connectivity index (χ0v) is 12.1. The molecule has 0 saturated heterocycles. The maximum absolute atomic E-state index is 14.0. The first-order valence-electron chi connectivity index (χ1n) is 7.00. The van der Waals surface area contributed by atoms with Crippen molar-refractivity contribution in [2.45, 2.75) is 0 Å². The normalized spacial score (nSPS) is 9.87. The predicted octanol–water partition coefficient (Wildman–Crippen LogP) is 5.58. The van der Waals surface area contributed by atoms with Crippen molar-refractivity contribution in [1.82, 2.24) is 0 Å². The maximum Gasteiger partial charge on any atom is 0.224 e. The van der Waals surface area contributed by atoms with Gasteiger partial charge in [0, 0.05) is 0 Å². The Hall–Kier alpha value is -3.43. The highest BCUT2D eigenvalue weighted by molar-refractivity contribution is 5.85. The minimum absolute atomic E-state index is 0.114. The van der Waals surface area contributed by atoms with Crippen LogP contribution in [-0.2, 0) is 0 Å². The molecule has 0 unspecified atom stereocenters. The summed E-state index contributed by atoms with van der Waals surface area (Å²) in [6, 6.07) is 22.3. The first kappa shape index (κ1) is 14.5. The van der Waals surface area contributed by atoms with Crippen molar-refractivity contribution in [3.05, 3.63) is 89.5 Å². The van der Waals surface area contributed by atoms with E-state index < -0.39 is 5.82 Å². The Labute approximate surface area is 133 Å². The fraction of sp³-hybridized carbons (Fsp3) is 0. The summed E-state index contributed by atoms with van der Waals surface area (Å²) in [5, 5.41) is 9.10. The third-order valence-corrected chi connectivity index (χ3v) is 3.62. The number of hydrogen-bond donors (Lipinski definition) is 0. The molecule has 0 fully saturated rings. The van der Waals surface area contributed by atoms with Gasteiger partial charge >= 0.3 is 0 Å². The van der Waals surface area contributed by atoms with E-state index in [-0.39, 0.29) is 11.3 Å². The van der Waals surface area contributed by atoms with Crippen LogP contribution in [0.15, 0.2) is 66.7 Å². The molecule has 0 aliphatic carbocycles. The number of halogens is 1. The summed E-state index contributed by atoms with van der Waals surface area (Å²) in [6.45, 7) is 7.11. The lowest BCUT2D eigenvalue weighted by molar-refractivity contribution is 0.630. The Bertz CT molecular complexity index is 912. The molecule has 0 aliphatic heterocycles. The molecule has 2 nitrogen and oxygen atoms in total.